The number of aromatic nitrogens is 3. The van der Waals surface area contributed by atoms with Crippen molar-refractivity contribution < 1.29 is 4.79 Å². The molecule has 0 saturated carbocycles. The van der Waals surface area contributed by atoms with Crippen molar-refractivity contribution in [2.24, 2.45) is 0 Å². The second kappa shape index (κ2) is 8.19. The smallest absolute Gasteiger partial charge is 0.295 e. The number of nitrogens with one attached hydrogen (secondary N) is 1. The van der Waals surface area contributed by atoms with Crippen LogP contribution in [-0.4, -0.2) is 20.7 Å². The molecule has 0 aliphatic heterocycles. The van der Waals surface area contributed by atoms with Crippen molar-refractivity contribution in [1.82, 2.24) is 14.8 Å². The van der Waals surface area contributed by atoms with Gasteiger partial charge >= 0.3 is 0 Å². The zero-order valence-electron chi connectivity index (χ0n) is 18.5. The second-order valence-corrected chi connectivity index (χ2v) is 8.08. The van der Waals surface area contributed by atoms with Gasteiger partial charge in [-0.15, -0.1) is 5.10 Å². The molecule has 0 spiro atoms. The van der Waals surface area contributed by atoms with E-state index in [0.717, 1.165) is 39.2 Å². The maximum atomic E-state index is 13.0. The van der Waals surface area contributed by atoms with Crippen LogP contribution < -0.4 is 5.32 Å². The molecule has 1 N–H and O–H groups in total. The number of carbonyl (C=O) groups excluding carboxylic acids is 1. The van der Waals surface area contributed by atoms with Gasteiger partial charge in [-0.3, -0.25) is 4.79 Å². The van der Waals surface area contributed by atoms with Gasteiger partial charge in [-0.1, -0.05) is 47.5 Å². The van der Waals surface area contributed by atoms with Crippen LogP contribution in [0.15, 0.2) is 60.7 Å². The van der Waals surface area contributed by atoms with E-state index in [1.807, 2.05) is 69.3 Å². The highest BCUT2D eigenvalue weighted by Gasteiger charge is 2.20. The van der Waals surface area contributed by atoms with Crippen LogP contribution >= 0.6 is 0 Å². The van der Waals surface area contributed by atoms with Gasteiger partial charge in [0.2, 0.25) is 5.82 Å². The highest BCUT2D eigenvalue weighted by molar-refractivity contribution is 6.02. The van der Waals surface area contributed by atoms with E-state index in [0.29, 0.717) is 5.82 Å². The Balaban J connectivity index is 1.78. The molecule has 0 fully saturated rings. The molecule has 5 nitrogen and oxygen atoms in total. The van der Waals surface area contributed by atoms with Crippen molar-refractivity contribution in [3.8, 4) is 17.1 Å². The highest BCUT2D eigenvalue weighted by atomic mass is 16.2. The average Bonchev–Trinajstić information content (AvgIpc) is 3.18. The van der Waals surface area contributed by atoms with E-state index in [2.05, 4.69) is 41.4 Å². The van der Waals surface area contributed by atoms with Gasteiger partial charge in [0.1, 0.15) is 0 Å². The lowest BCUT2D eigenvalue weighted by Gasteiger charge is -2.09. The predicted octanol–water partition coefficient (Wildman–Crippen LogP) is 5.73. The number of hydrogen-bond acceptors (Lipinski definition) is 3. The fourth-order valence-electron chi connectivity index (χ4n) is 3.55. The molecule has 3 aromatic carbocycles. The van der Waals surface area contributed by atoms with Crippen LogP contribution in [0.2, 0.25) is 0 Å². The van der Waals surface area contributed by atoms with Crippen LogP contribution in [0.1, 0.15) is 38.4 Å². The summed E-state index contributed by atoms with van der Waals surface area (Å²) in [5, 5.41) is 7.55. The first-order valence-corrected chi connectivity index (χ1v) is 10.3. The number of benzene rings is 3. The summed E-state index contributed by atoms with van der Waals surface area (Å²) in [4.78, 5) is 17.7. The minimum absolute atomic E-state index is 0.134. The molecule has 31 heavy (non-hydrogen) atoms. The van der Waals surface area contributed by atoms with Crippen molar-refractivity contribution >= 4 is 11.6 Å². The minimum atomic E-state index is -0.330. The van der Waals surface area contributed by atoms with E-state index in [9.17, 15) is 4.79 Å². The summed E-state index contributed by atoms with van der Waals surface area (Å²) in [5.74, 6) is 0.441. The third kappa shape index (κ3) is 4.26. The molecule has 1 amide bonds. The number of amides is 1. The van der Waals surface area contributed by atoms with E-state index >= 15 is 0 Å². The van der Waals surface area contributed by atoms with E-state index in [-0.39, 0.29) is 11.7 Å². The van der Waals surface area contributed by atoms with Crippen LogP contribution in [0.4, 0.5) is 5.69 Å². The maximum absolute atomic E-state index is 13.0. The molecule has 0 bridgehead atoms. The Labute approximate surface area is 182 Å². The standard InChI is InChI=1S/C26H26N4O/c1-16-7-6-8-21(14-16)25-28-24(26(31)27-23-12-9-17(2)13-20(23)5)29-30(25)22-11-10-18(3)19(4)15-22/h6-15H,1-5H3,(H,27,31). The van der Waals surface area contributed by atoms with Crippen molar-refractivity contribution in [3.63, 3.8) is 0 Å². The normalized spacial score (nSPS) is 10.9. The number of anilines is 1. The first-order valence-electron chi connectivity index (χ1n) is 10.3. The molecule has 0 aliphatic rings. The molecular formula is C26H26N4O. The number of hydrogen-bond donors (Lipinski definition) is 1. The summed E-state index contributed by atoms with van der Waals surface area (Å²) >= 11 is 0. The summed E-state index contributed by atoms with van der Waals surface area (Å²) in [6.07, 6.45) is 0. The van der Waals surface area contributed by atoms with Crippen LogP contribution in [0.3, 0.4) is 0 Å². The van der Waals surface area contributed by atoms with Gasteiger partial charge in [0.25, 0.3) is 5.91 Å². The Hall–Kier alpha value is -3.73. The van der Waals surface area contributed by atoms with Gasteiger partial charge in [0.15, 0.2) is 5.82 Å². The van der Waals surface area contributed by atoms with Crippen LogP contribution in [0.5, 0.6) is 0 Å². The predicted molar refractivity (Wildman–Crippen MR) is 125 cm³/mol. The third-order valence-electron chi connectivity index (χ3n) is 5.45. The first-order chi connectivity index (χ1) is 14.8. The van der Waals surface area contributed by atoms with E-state index in [4.69, 9.17) is 0 Å². The lowest BCUT2D eigenvalue weighted by Crippen LogP contribution is -2.15. The Morgan fingerprint density at radius 1 is 0.806 bits per heavy atom. The van der Waals surface area contributed by atoms with Crippen molar-refractivity contribution in [3.05, 3.63) is 94.3 Å². The van der Waals surface area contributed by atoms with Crippen LogP contribution in [0, 0.1) is 34.6 Å². The lowest BCUT2D eigenvalue weighted by molar-refractivity contribution is 0.101. The fourth-order valence-corrected chi connectivity index (χ4v) is 3.55. The van der Waals surface area contributed by atoms with E-state index in [1.165, 1.54) is 5.56 Å². The largest absolute Gasteiger partial charge is 0.319 e. The average molecular weight is 411 g/mol. The summed E-state index contributed by atoms with van der Waals surface area (Å²) in [6, 6.07) is 20.1. The van der Waals surface area contributed by atoms with Crippen molar-refractivity contribution in [2.45, 2.75) is 34.6 Å². The molecule has 4 aromatic rings. The lowest BCUT2D eigenvalue weighted by atomic mass is 10.1. The Kier molecular flexibility index (Phi) is 5.42. The molecule has 0 atom stereocenters. The van der Waals surface area contributed by atoms with Gasteiger partial charge in [-0.05, 0) is 75.6 Å². The Morgan fingerprint density at radius 2 is 1.58 bits per heavy atom. The Morgan fingerprint density at radius 3 is 2.29 bits per heavy atom. The maximum Gasteiger partial charge on any atom is 0.295 e. The molecule has 0 saturated heterocycles. The van der Waals surface area contributed by atoms with Gasteiger partial charge < -0.3 is 5.32 Å². The summed E-state index contributed by atoms with van der Waals surface area (Å²) in [6.45, 7) is 10.2. The summed E-state index contributed by atoms with van der Waals surface area (Å²) < 4.78 is 1.75. The van der Waals surface area contributed by atoms with E-state index in [1.54, 1.807) is 4.68 Å². The molecule has 0 aliphatic carbocycles. The first kappa shape index (κ1) is 20.5. The monoisotopic (exact) mass is 410 g/mol. The zero-order chi connectivity index (χ0) is 22.1. The third-order valence-corrected chi connectivity index (χ3v) is 5.45. The zero-order valence-corrected chi connectivity index (χ0v) is 18.5. The fraction of sp³-hybridized carbons (Fsp3) is 0.192. The van der Waals surface area contributed by atoms with Gasteiger partial charge in [0.05, 0.1) is 5.69 Å². The number of rotatable bonds is 4. The Bertz CT molecular complexity index is 1290. The molecule has 4 rings (SSSR count). The van der Waals surface area contributed by atoms with E-state index < -0.39 is 0 Å². The second-order valence-electron chi connectivity index (χ2n) is 8.08. The summed E-state index contributed by atoms with van der Waals surface area (Å²) in [7, 11) is 0. The van der Waals surface area contributed by atoms with Crippen LogP contribution in [-0.2, 0) is 0 Å². The minimum Gasteiger partial charge on any atom is -0.319 e. The molecule has 1 aromatic heterocycles. The molecule has 156 valence electrons. The highest BCUT2D eigenvalue weighted by Crippen LogP contribution is 2.24. The molecular weight excluding hydrogens is 384 g/mol. The number of nitrogens with zero attached hydrogens (tertiary/aromatic N) is 3. The van der Waals surface area contributed by atoms with Crippen molar-refractivity contribution in [2.75, 3.05) is 5.32 Å². The van der Waals surface area contributed by atoms with Gasteiger partial charge in [-0.2, -0.15) is 0 Å². The van der Waals surface area contributed by atoms with Crippen molar-refractivity contribution in [1.29, 1.82) is 0 Å². The summed E-state index contributed by atoms with van der Waals surface area (Å²) in [5.41, 5.74) is 8.17. The SMILES string of the molecule is Cc1cccc(-c2nc(C(=O)Nc3ccc(C)cc3C)nn2-c2ccc(C)c(C)c2)c1. The number of carbonyl (C=O) groups is 1. The molecule has 0 radical (unpaired) electrons. The number of aryl methyl sites for hydroxylation is 5. The molecule has 5 heteroatoms. The molecule has 0 unspecified atom stereocenters. The van der Waals surface area contributed by atoms with Gasteiger partial charge in [-0.25, -0.2) is 9.67 Å². The van der Waals surface area contributed by atoms with Crippen LogP contribution in [0.25, 0.3) is 17.1 Å². The topological polar surface area (TPSA) is 59.8 Å². The quantitative estimate of drug-likeness (QED) is 0.467. The van der Waals surface area contributed by atoms with Gasteiger partial charge in [0, 0.05) is 11.3 Å². The molecule has 1 heterocycles.